The van der Waals surface area contributed by atoms with Crippen LogP contribution in [0.1, 0.15) is 24.9 Å². The summed E-state index contributed by atoms with van der Waals surface area (Å²) >= 11 is 5.86. The van der Waals surface area contributed by atoms with Crippen LogP contribution in [-0.2, 0) is 4.79 Å². The van der Waals surface area contributed by atoms with Gasteiger partial charge in [-0.15, -0.1) is 0 Å². The molecule has 3 nitrogen and oxygen atoms in total. The number of ether oxygens (including phenoxy) is 1. The number of rotatable bonds is 4. The molecule has 0 bridgehead atoms. The zero-order valence-electron chi connectivity index (χ0n) is 8.79. The van der Waals surface area contributed by atoms with Gasteiger partial charge in [-0.25, -0.2) is 0 Å². The zero-order chi connectivity index (χ0) is 11.4. The second kappa shape index (κ2) is 5.14. The van der Waals surface area contributed by atoms with E-state index in [0.29, 0.717) is 10.8 Å². The molecule has 15 heavy (non-hydrogen) atoms. The Morgan fingerprint density at radius 3 is 2.80 bits per heavy atom. The molecule has 0 aliphatic heterocycles. The van der Waals surface area contributed by atoms with Crippen molar-refractivity contribution in [2.45, 2.75) is 19.4 Å². The van der Waals surface area contributed by atoms with Gasteiger partial charge in [-0.05, 0) is 25.1 Å². The van der Waals surface area contributed by atoms with E-state index in [1.165, 1.54) is 6.92 Å². The molecule has 0 aliphatic carbocycles. The number of carbonyl (C=O) groups is 1. The SMILES string of the molecule is COc1ccc(Cl)cc1C(N)CC(C)=O. The number of ketones is 1. The quantitative estimate of drug-likeness (QED) is 0.859. The standard InChI is InChI=1S/C11H14ClNO2/c1-7(14)5-10(13)9-6-8(12)3-4-11(9)15-2/h3-4,6,10H,5,13H2,1-2H3. The van der Waals surface area contributed by atoms with E-state index in [1.54, 1.807) is 25.3 Å². The number of halogens is 1. The average molecular weight is 228 g/mol. The summed E-state index contributed by atoms with van der Waals surface area (Å²) in [5, 5.41) is 0.588. The Labute approximate surface area is 94.2 Å². The lowest BCUT2D eigenvalue weighted by molar-refractivity contribution is -0.117. The summed E-state index contributed by atoms with van der Waals surface area (Å²) < 4.78 is 5.15. The number of benzene rings is 1. The number of nitrogens with two attached hydrogens (primary N) is 1. The van der Waals surface area contributed by atoms with Gasteiger partial charge < -0.3 is 10.5 Å². The lowest BCUT2D eigenvalue weighted by Gasteiger charge is -2.14. The van der Waals surface area contributed by atoms with Gasteiger partial charge in [0.15, 0.2) is 0 Å². The van der Waals surface area contributed by atoms with E-state index < -0.39 is 0 Å². The maximum absolute atomic E-state index is 11.0. The van der Waals surface area contributed by atoms with Gasteiger partial charge in [0.2, 0.25) is 0 Å². The highest BCUT2D eigenvalue weighted by molar-refractivity contribution is 6.30. The van der Waals surface area contributed by atoms with Crippen LogP contribution in [0.3, 0.4) is 0 Å². The molecule has 2 N–H and O–H groups in total. The van der Waals surface area contributed by atoms with Crippen molar-refractivity contribution in [1.29, 1.82) is 0 Å². The molecule has 0 radical (unpaired) electrons. The van der Waals surface area contributed by atoms with Gasteiger partial charge in [-0.2, -0.15) is 0 Å². The molecule has 1 unspecified atom stereocenters. The minimum absolute atomic E-state index is 0.0459. The highest BCUT2D eigenvalue weighted by Crippen LogP contribution is 2.28. The number of hydrogen-bond donors (Lipinski definition) is 1. The number of carbonyl (C=O) groups excluding carboxylic acids is 1. The normalized spacial score (nSPS) is 12.3. The van der Waals surface area contributed by atoms with Gasteiger partial charge in [-0.1, -0.05) is 11.6 Å². The van der Waals surface area contributed by atoms with E-state index in [9.17, 15) is 4.79 Å². The molecule has 4 heteroatoms. The van der Waals surface area contributed by atoms with Crippen molar-refractivity contribution in [2.24, 2.45) is 5.73 Å². The molecule has 0 aliphatic rings. The molecule has 0 spiro atoms. The molecule has 0 aromatic heterocycles. The van der Waals surface area contributed by atoms with Crippen molar-refractivity contribution < 1.29 is 9.53 Å². The molecular formula is C11H14ClNO2. The first-order valence-electron chi connectivity index (χ1n) is 4.63. The number of methoxy groups -OCH3 is 1. The summed E-state index contributed by atoms with van der Waals surface area (Å²) in [5.41, 5.74) is 6.65. The Kier molecular flexibility index (Phi) is 4.12. The summed E-state index contributed by atoms with van der Waals surface area (Å²) in [7, 11) is 1.56. The molecule has 1 aromatic carbocycles. The molecule has 82 valence electrons. The summed E-state index contributed by atoms with van der Waals surface area (Å²) in [5.74, 6) is 0.706. The van der Waals surface area contributed by atoms with Crippen molar-refractivity contribution in [2.75, 3.05) is 7.11 Å². The maximum Gasteiger partial charge on any atom is 0.131 e. The van der Waals surface area contributed by atoms with Crippen LogP contribution in [0.4, 0.5) is 0 Å². The van der Waals surface area contributed by atoms with E-state index in [2.05, 4.69) is 0 Å². The van der Waals surface area contributed by atoms with Gasteiger partial charge >= 0.3 is 0 Å². The Balaban J connectivity index is 2.99. The van der Waals surface area contributed by atoms with Gasteiger partial charge in [0.25, 0.3) is 0 Å². The third-order valence-corrected chi connectivity index (χ3v) is 2.33. The molecule has 0 saturated carbocycles. The molecular weight excluding hydrogens is 214 g/mol. The van der Waals surface area contributed by atoms with Gasteiger partial charge in [0.05, 0.1) is 7.11 Å². The minimum Gasteiger partial charge on any atom is -0.496 e. The fraction of sp³-hybridized carbons (Fsp3) is 0.364. The molecule has 0 heterocycles. The highest BCUT2D eigenvalue weighted by Gasteiger charge is 2.14. The van der Waals surface area contributed by atoms with E-state index in [-0.39, 0.29) is 18.2 Å². The minimum atomic E-state index is -0.365. The number of hydrogen-bond acceptors (Lipinski definition) is 3. The van der Waals surface area contributed by atoms with Crippen molar-refractivity contribution in [3.8, 4) is 5.75 Å². The van der Waals surface area contributed by atoms with Crippen molar-refractivity contribution in [3.05, 3.63) is 28.8 Å². The van der Waals surface area contributed by atoms with E-state index in [1.807, 2.05) is 0 Å². The lowest BCUT2D eigenvalue weighted by atomic mass is 10.0. The fourth-order valence-electron chi connectivity index (χ4n) is 1.41. The molecule has 0 fully saturated rings. The Hall–Kier alpha value is -1.06. The van der Waals surface area contributed by atoms with Crippen molar-refractivity contribution >= 4 is 17.4 Å². The second-order valence-corrected chi connectivity index (χ2v) is 3.84. The monoisotopic (exact) mass is 227 g/mol. The van der Waals surface area contributed by atoms with Gasteiger partial charge in [0.1, 0.15) is 11.5 Å². The van der Waals surface area contributed by atoms with Gasteiger partial charge in [-0.3, -0.25) is 4.79 Å². The van der Waals surface area contributed by atoms with Gasteiger partial charge in [0, 0.05) is 23.0 Å². The first kappa shape index (κ1) is 12.0. The molecule has 1 atom stereocenters. The molecule has 0 saturated heterocycles. The first-order chi connectivity index (χ1) is 7.04. The predicted molar refractivity (Wildman–Crippen MR) is 60.2 cm³/mol. The number of Topliss-reactive ketones (excluding diaryl/α,β-unsaturated/α-hetero) is 1. The van der Waals surface area contributed by atoms with Crippen LogP contribution in [0.5, 0.6) is 5.75 Å². The zero-order valence-corrected chi connectivity index (χ0v) is 9.54. The largest absolute Gasteiger partial charge is 0.496 e. The molecule has 1 aromatic rings. The van der Waals surface area contributed by atoms with Crippen LogP contribution >= 0.6 is 11.6 Å². The smallest absolute Gasteiger partial charge is 0.131 e. The van der Waals surface area contributed by atoms with Crippen LogP contribution in [0.2, 0.25) is 5.02 Å². The molecule has 1 rings (SSSR count). The van der Waals surface area contributed by atoms with Crippen LogP contribution in [0, 0.1) is 0 Å². The van der Waals surface area contributed by atoms with Crippen molar-refractivity contribution in [3.63, 3.8) is 0 Å². The summed E-state index contributed by atoms with van der Waals surface area (Å²) in [6, 6.07) is 4.84. The topological polar surface area (TPSA) is 52.3 Å². The predicted octanol–water partition coefficient (Wildman–Crippen LogP) is 2.33. The van der Waals surface area contributed by atoms with Crippen LogP contribution < -0.4 is 10.5 Å². The van der Waals surface area contributed by atoms with Crippen LogP contribution in [-0.4, -0.2) is 12.9 Å². The average Bonchev–Trinajstić information content (AvgIpc) is 2.16. The maximum atomic E-state index is 11.0. The molecule has 0 amide bonds. The van der Waals surface area contributed by atoms with E-state index in [0.717, 1.165) is 5.56 Å². The van der Waals surface area contributed by atoms with E-state index in [4.69, 9.17) is 22.1 Å². The fourth-order valence-corrected chi connectivity index (χ4v) is 1.60. The lowest BCUT2D eigenvalue weighted by Crippen LogP contribution is -2.14. The Morgan fingerprint density at radius 2 is 2.27 bits per heavy atom. The first-order valence-corrected chi connectivity index (χ1v) is 5.01. The summed E-state index contributed by atoms with van der Waals surface area (Å²) in [6.45, 7) is 1.51. The summed E-state index contributed by atoms with van der Waals surface area (Å²) in [4.78, 5) is 11.0. The third-order valence-electron chi connectivity index (χ3n) is 2.10. The Morgan fingerprint density at radius 1 is 1.60 bits per heavy atom. The second-order valence-electron chi connectivity index (χ2n) is 3.40. The highest BCUT2D eigenvalue weighted by atomic mass is 35.5. The van der Waals surface area contributed by atoms with Crippen LogP contribution in [0.15, 0.2) is 18.2 Å². The summed E-state index contributed by atoms with van der Waals surface area (Å²) in [6.07, 6.45) is 0.288. The van der Waals surface area contributed by atoms with Crippen LogP contribution in [0.25, 0.3) is 0 Å². The Bertz CT molecular complexity index is 366. The van der Waals surface area contributed by atoms with E-state index >= 15 is 0 Å². The van der Waals surface area contributed by atoms with Crippen molar-refractivity contribution in [1.82, 2.24) is 0 Å². The third kappa shape index (κ3) is 3.22.